The summed E-state index contributed by atoms with van der Waals surface area (Å²) in [4.78, 5) is 19.7. The first-order valence-corrected chi connectivity index (χ1v) is 8.88. The van der Waals surface area contributed by atoms with Crippen LogP contribution < -0.4 is 10.6 Å². The van der Waals surface area contributed by atoms with E-state index in [0.29, 0.717) is 6.54 Å². The van der Waals surface area contributed by atoms with Gasteiger partial charge in [0.15, 0.2) is 5.96 Å². The van der Waals surface area contributed by atoms with Gasteiger partial charge in [-0.2, -0.15) is 0 Å². The van der Waals surface area contributed by atoms with Crippen molar-refractivity contribution in [1.82, 2.24) is 15.5 Å². The van der Waals surface area contributed by atoms with E-state index in [1.807, 2.05) is 24.9 Å². The van der Waals surface area contributed by atoms with Gasteiger partial charge in [0, 0.05) is 25.0 Å². The van der Waals surface area contributed by atoms with Gasteiger partial charge in [0.05, 0.1) is 12.8 Å². The fourth-order valence-electron chi connectivity index (χ4n) is 2.11. The third-order valence-electron chi connectivity index (χ3n) is 3.38. The Morgan fingerprint density at radius 2 is 2.21 bits per heavy atom. The first-order valence-electron chi connectivity index (χ1n) is 8.00. The van der Waals surface area contributed by atoms with E-state index < -0.39 is 0 Å². The summed E-state index contributed by atoms with van der Waals surface area (Å²) in [5, 5.41) is 8.09. The Morgan fingerprint density at radius 1 is 1.33 bits per heavy atom. The molecule has 0 spiro atoms. The number of aliphatic imine (C=N–C) groups is 1. The number of nitrogens with zero attached hydrogens (tertiary/aromatic N) is 2. The molecule has 0 fully saturated rings. The van der Waals surface area contributed by atoms with E-state index in [1.165, 1.54) is 4.88 Å². The minimum absolute atomic E-state index is 0.0897. The van der Waals surface area contributed by atoms with Crippen molar-refractivity contribution in [2.24, 2.45) is 4.99 Å². The van der Waals surface area contributed by atoms with Crippen LogP contribution in [0.2, 0.25) is 0 Å². The van der Waals surface area contributed by atoms with Crippen LogP contribution in [0.5, 0.6) is 0 Å². The molecule has 2 N–H and O–H groups in total. The average Bonchev–Trinajstić information content (AvgIpc) is 3.28. The SMILES string of the molecule is CCNC(=NCC(=O)NCc1ccco1)N(C)CCc1cccs1. The molecule has 2 aromatic heterocycles. The summed E-state index contributed by atoms with van der Waals surface area (Å²) in [6.07, 6.45) is 2.55. The maximum absolute atomic E-state index is 11.9. The van der Waals surface area contributed by atoms with Gasteiger partial charge in [-0.1, -0.05) is 6.07 Å². The van der Waals surface area contributed by atoms with Crippen molar-refractivity contribution in [2.45, 2.75) is 19.9 Å². The number of furan rings is 1. The van der Waals surface area contributed by atoms with Crippen LogP contribution in [0.4, 0.5) is 0 Å². The number of hydrogen-bond donors (Lipinski definition) is 2. The minimum Gasteiger partial charge on any atom is -0.467 e. The highest BCUT2D eigenvalue weighted by atomic mass is 32.1. The Kier molecular flexibility index (Phi) is 7.35. The highest BCUT2D eigenvalue weighted by Crippen LogP contribution is 2.09. The minimum atomic E-state index is -0.131. The molecule has 2 rings (SSSR count). The van der Waals surface area contributed by atoms with E-state index >= 15 is 0 Å². The Morgan fingerprint density at radius 3 is 2.88 bits per heavy atom. The first kappa shape index (κ1) is 18.1. The van der Waals surface area contributed by atoms with Crippen molar-refractivity contribution in [3.8, 4) is 0 Å². The van der Waals surface area contributed by atoms with Crippen LogP contribution >= 0.6 is 11.3 Å². The molecule has 0 atom stereocenters. The molecule has 0 unspecified atom stereocenters. The predicted octanol–water partition coefficient (Wildman–Crippen LogP) is 2.10. The lowest BCUT2D eigenvalue weighted by Gasteiger charge is -2.21. The van der Waals surface area contributed by atoms with Crippen molar-refractivity contribution in [3.63, 3.8) is 0 Å². The van der Waals surface area contributed by atoms with E-state index in [1.54, 1.807) is 23.7 Å². The average molecular weight is 348 g/mol. The largest absolute Gasteiger partial charge is 0.467 e. The normalized spacial score (nSPS) is 11.3. The third kappa shape index (κ3) is 6.08. The van der Waals surface area contributed by atoms with E-state index in [2.05, 4.69) is 33.1 Å². The van der Waals surface area contributed by atoms with Gasteiger partial charge >= 0.3 is 0 Å². The van der Waals surface area contributed by atoms with E-state index in [0.717, 1.165) is 31.2 Å². The molecule has 0 saturated heterocycles. The number of rotatable bonds is 8. The number of likely N-dealkylation sites (N-methyl/N-ethyl adjacent to an activating group) is 1. The summed E-state index contributed by atoms with van der Waals surface area (Å²) >= 11 is 1.75. The number of guanidine groups is 1. The van der Waals surface area contributed by atoms with E-state index in [-0.39, 0.29) is 12.5 Å². The molecule has 24 heavy (non-hydrogen) atoms. The van der Waals surface area contributed by atoms with Gasteiger partial charge in [0.1, 0.15) is 12.3 Å². The summed E-state index contributed by atoms with van der Waals surface area (Å²) < 4.78 is 5.18. The zero-order chi connectivity index (χ0) is 17.2. The zero-order valence-corrected chi connectivity index (χ0v) is 14.9. The van der Waals surface area contributed by atoms with Gasteiger partial charge in [-0.15, -0.1) is 11.3 Å². The molecule has 0 radical (unpaired) electrons. The quantitative estimate of drug-likeness (QED) is 0.566. The number of carbonyl (C=O) groups is 1. The smallest absolute Gasteiger partial charge is 0.242 e. The molecule has 7 heteroatoms. The number of carbonyl (C=O) groups excluding carboxylic acids is 1. The van der Waals surface area contributed by atoms with Crippen LogP contribution in [0.15, 0.2) is 45.3 Å². The van der Waals surface area contributed by atoms with Crippen LogP contribution in [0.3, 0.4) is 0 Å². The molecule has 0 aliphatic carbocycles. The van der Waals surface area contributed by atoms with Gasteiger partial charge in [-0.3, -0.25) is 4.79 Å². The van der Waals surface area contributed by atoms with Gasteiger partial charge in [0.2, 0.25) is 5.91 Å². The van der Waals surface area contributed by atoms with Gasteiger partial charge < -0.3 is 20.0 Å². The molecule has 130 valence electrons. The summed E-state index contributed by atoms with van der Waals surface area (Å²) in [7, 11) is 1.98. The van der Waals surface area contributed by atoms with Crippen LogP contribution in [-0.4, -0.2) is 43.4 Å². The van der Waals surface area contributed by atoms with Gasteiger partial charge in [-0.05, 0) is 36.9 Å². The molecule has 0 bridgehead atoms. The molecule has 1 amide bonds. The Labute approximate surface area is 146 Å². The van der Waals surface area contributed by atoms with Crippen molar-refractivity contribution in [2.75, 3.05) is 26.7 Å². The molecule has 0 aromatic carbocycles. The predicted molar refractivity (Wildman–Crippen MR) is 97.2 cm³/mol. The molecule has 6 nitrogen and oxygen atoms in total. The zero-order valence-electron chi connectivity index (χ0n) is 14.1. The van der Waals surface area contributed by atoms with Crippen molar-refractivity contribution in [1.29, 1.82) is 0 Å². The standard InChI is InChI=1S/C17H24N4O2S/c1-3-18-17(21(2)9-8-15-7-5-11-24-15)20-13-16(22)19-12-14-6-4-10-23-14/h4-7,10-11H,3,8-9,12-13H2,1-2H3,(H,18,20)(H,19,22). The Hall–Kier alpha value is -2.28. The Balaban J connectivity index is 1.80. The molecule has 2 heterocycles. The Bertz CT molecular complexity index is 623. The second kappa shape index (κ2) is 9.77. The van der Waals surface area contributed by atoms with Crippen molar-refractivity contribution < 1.29 is 9.21 Å². The van der Waals surface area contributed by atoms with E-state index in [9.17, 15) is 4.79 Å². The fraction of sp³-hybridized carbons (Fsp3) is 0.412. The lowest BCUT2D eigenvalue weighted by Crippen LogP contribution is -2.40. The molecular weight excluding hydrogens is 324 g/mol. The number of amides is 1. The summed E-state index contributed by atoms with van der Waals surface area (Å²) in [6, 6.07) is 7.81. The molecule has 0 aliphatic heterocycles. The molecule has 0 aliphatic rings. The number of hydrogen-bond acceptors (Lipinski definition) is 4. The summed E-state index contributed by atoms with van der Waals surface area (Å²) in [6.45, 7) is 4.09. The summed E-state index contributed by atoms with van der Waals surface area (Å²) in [5.41, 5.74) is 0. The molecule has 2 aromatic rings. The van der Waals surface area contributed by atoms with Gasteiger partial charge in [-0.25, -0.2) is 4.99 Å². The maximum atomic E-state index is 11.9. The third-order valence-corrected chi connectivity index (χ3v) is 4.32. The monoisotopic (exact) mass is 348 g/mol. The van der Waals surface area contributed by atoms with E-state index in [4.69, 9.17) is 4.42 Å². The fourth-order valence-corrected chi connectivity index (χ4v) is 2.81. The molecule has 0 saturated carbocycles. The first-order chi connectivity index (χ1) is 11.7. The van der Waals surface area contributed by atoms with Crippen molar-refractivity contribution >= 4 is 23.2 Å². The molecular formula is C17H24N4O2S. The summed E-state index contributed by atoms with van der Waals surface area (Å²) in [5.74, 6) is 1.34. The lowest BCUT2D eigenvalue weighted by atomic mass is 10.3. The highest BCUT2D eigenvalue weighted by molar-refractivity contribution is 7.09. The van der Waals surface area contributed by atoms with Crippen LogP contribution in [0.1, 0.15) is 17.6 Å². The van der Waals surface area contributed by atoms with Crippen molar-refractivity contribution in [3.05, 3.63) is 46.5 Å². The maximum Gasteiger partial charge on any atom is 0.242 e. The van der Waals surface area contributed by atoms with Crippen LogP contribution in [-0.2, 0) is 17.8 Å². The second-order valence-corrected chi connectivity index (χ2v) is 6.31. The topological polar surface area (TPSA) is 69.9 Å². The number of nitrogens with one attached hydrogen (secondary N) is 2. The second-order valence-electron chi connectivity index (χ2n) is 5.28. The highest BCUT2D eigenvalue weighted by Gasteiger charge is 2.08. The lowest BCUT2D eigenvalue weighted by molar-refractivity contribution is -0.119. The number of thiophene rings is 1. The van der Waals surface area contributed by atoms with Crippen LogP contribution in [0, 0.1) is 0 Å². The van der Waals surface area contributed by atoms with Crippen LogP contribution in [0.25, 0.3) is 0 Å². The van der Waals surface area contributed by atoms with Gasteiger partial charge in [0.25, 0.3) is 0 Å².